The predicted octanol–water partition coefficient (Wildman–Crippen LogP) is 3.35. The van der Waals surface area contributed by atoms with Gasteiger partial charge in [0.1, 0.15) is 11.9 Å². The summed E-state index contributed by atoms with van der Waals surface area (Å²) in [4.78, 5) is 20.4. The van der Waals surface area contributed by atoms with E-state index in [1.807, 2.05) is 36.7 Å². The van der Waals surface area contributed by atoms with Crippen LogP contribution in [0.25, 0.3) is 11.3 Å². The van der Waals surface area contributed by atoms with E-state index in [9.17, 15) is 0 Å². The van der Waals surface area contributed by atoms with Crippen LogP contribution in [0.2, 0.25) is 5.02 Å². The van der Waals surface area contributed by atoms with E-state index < -0.39 is 0 Å². The number of halogens is 1. The molecule has 0 spiro atoms. The van der Waals surface area contributed by atoms with Gasteiger partial charge in [0.05, 0.1) is 24.6 Å². The van der Waals surface area contributed by atoms with Crippen LogP contribution in [0.4, 0.5) is 0 Å². The average Bonchev–Trinajstić information content (AvgIpc) is 2.79. The van der Waals surface area contributed by atoms with Gasteiger partial charge in [-0.05, 0) is 12.1 Å². The SMILES string of the molecule is COCCc1ncc(CN2CCOC(c3nccnc3-c3cccc(Cl)c3)C2)cn1. The van der Waals surface area contributed by atoms with Gasteiger partial charge in [0.25, 0.3) is 0 Å². The van der Waals surface area contributed by atoms with Gasteiger partial charge in [-0.2, -0.15) is 0 Å². The summed E-state index contributed by atoms with van der Waals surface area (Å²) in [6, 6.07) is 7.66. The second kappa shape index (κ2) is 10.0. The Labute approximate surface area is 181 Å². The number of aromatic nitrogens is 4. The molecule has 1 saturated heterocycles. The summed E-state index contributed by atoms with van der Waals surface area (Å²) in [5.74, 6) is 0.797. The van der Waals surface area contributed by atoms with Crippen LogP contribution in [0, 0.1) is 0 Å². The Morgan fingerprint density at radius 3 is 2.80 bits per heavy atom. The zero-order valence-corrected chi connectivity index (χ0v) is 17.6. The van der Waals surface area contributed by atoms with E-state index in [1.165, 1.54) is 0 Å². The molecule has 0 aliphatic carbocycles. The molecule has 1 fully saturated rings. The smallest absolute Gasteiger partial charge is 0.130 e. The topological polar surface area (TPSA) is 73.3 Å². The lowest BCUT2D eigenvalue weighted by Gasteiger charge is -2.33. The molecular weight excluding hydrogens is 402 g/mol. The number of benzene rings is 1. The molecule has 1 aromatic carbocycles. The van der Waals surface area contributed by atoms with Crippen molar-refractivity contribution in [1.82, 2.24) is 24.8 Å². The highest BCUT2D eigenvalue weighted by molar-refractivity contribution is 6.30. The summed E-state index contributed by atoms with van der Waals surface area (Å²) in [6.45, 7) is 3.57. The maximum absolute atomic E-state index is 6.18. The molecule has 0 amide bonds. The molecule has 30 heavy (non-hydrogen) atoms. The summed E-state index contributed by atoms with van der Waals surface area (Å²) in [5.41, 5.74) is 3.64. The third kappa shape index (κ3) is 5.17. The largest absolute Gasteiger partial charge is 0.384 e. The van der Waals surface area contributed by atoms with Gasteiger partial charge in [0.2, 0.25) is 0 Å². The van der Waals surface area contributed by atoms with Crippen LogP contribution in [-0.2, 0) is 22.4 Å². The van der Waals surface area contributed by atoms with Crippen molar-refractivity contribution in [3.63, 3.8) is 0 Å². The number of hydrogen-bond acceptors (Lipinski definition) is 7. The number of rotatable bonds is 7. The zero-order valence-electron chi connectivity index (χ0n) is 16.9. The molecule has 0 bridgehead atoms. The van der Waals surface area contributed by atoms with Crippen molar-refractivity contribution >= 4 is 11.6 Å². The van der Waals surface area contributed by atoms with Gasteiger partial charge in [0, 0.05) is 74.1 Å². The fourth-order valence-electron chi connectivity index (χ4n) is 3.50. The van der Waals surface area contributed by atoms with E-state index in [4.69, 9.17) is 21.1 Å². The van der Waals surface area contributed by atoms with Gasteiger partial charge in [0.15, 0.2) is 0 Å². The molecule has 0 saturated carbocycles. The highest BCUT2D eigenvalue weighted by Gasteiger charge is 2.26. The first kappa shape index (κ1) is 20.8. The molecule has 4 rings (SSSR count). The minimum atomic E-state index is -0.164. The normalized spacial score (nSPS) is 17.2. The van der Waals surface area contributed by atoms with Crippen LogP contribution in [0.1, 0.15) is 23.2 Å². The molecule has 1 atom stereocenters. The van der Waals surface area contributed by atoms with E-state index in [0.717, 1.165) is 54.4 Å². The average molecular weight is 426 g/mol. The minimum absolute atomic E-state index is 0.164. The Kier molecular flexibility index (Phi) is 6.96. The van der Waals surface area contributed by atoms with Crippen LogP contribution in [0.15, 0.2) is 49.1 Å². The van der Waals surface area contributed by atoms with Crippen molar-refractivity contribution in [3.8, 4) is 11.3 Å². The van der Waals surface area contributed by atoms with Gasteiger partial charge in [-0.3, -0.25) is 14.9 Å². The van der Waals surface area contributed by atoms with Crippen LogP contribution >= 0.6 is 11.6 Å². The Balaban J connectivity index is 1.47. The van der Waals surface area contributed by atoms with Crippen molar-refractivity contribution in [2.24, 2.45) is 0 Å². The maximum atomic E-state index is 6.18. The molecule has 2 aromatic heterocycles. The molecule has 8 heteroatoms. The summed E-state index contributed by atoms with van der Waals surface area (Å²) in [5, 5.41) is 0.671. The lowest BCUT2D eigenvalue weighted by atomic mass is 10.1. The molecule has 0 N–H and O–H groups in total. The quantitative estimate of drug-likeness (QED) is 0.574. The van der Waals surface area contributed by atoms with E-state index in [1.54, 1.807) is 19.5 Å². The summed E-state index contributed by atoms with van der Waals surface area (Å²) in [6.07, 6.45) is 7.74. The standard InChI is InChI=1S/C22H24ClN5O2/c1-29-9-5-20-26-12-16(13-27-20)14-28-8-10-30-19(15-28)22-21(24-6-7-25-22)17-3-2-4-18(23)11-17/h2-4,6-7,11-13,19H,5,8-10,14-15H2,1H3. The third-order valence-corrected chi connectivity index (χ3v) is 5.21. The molecule has 7 nitrogen and oxygen atoms in total. The van der Waals surface area contributed by atoms with E-state index >= 15 is 0 Å². The first-order valence-electron chi connectivity index (χ1n) is 9.92. The Morgan fingerprint density at radius 2 is 2.00 bits per heavy atom. The molecule has 156 valence electrons. The molecular formula is C22H24ClN5O2. The van der Waals surface area contributed by atoms with Gasteiger partial charge in [-0.25, -0.2) is 9.97 Å². The van der Waals surface area contributed by atoms with Crippen LogP contribution in [-0.4, -0.2) is 58.2 Å². The number of hydrogen-bond donors (Lipinski definition) is 0. The second-order valence-corrected chi connectivity index (χ2v) is 7.58. The van der Waals surface area contributed by atoms with Crippen LogP contribution in [0.5, 0.6) is 0 Å². The molecule has 0 radical (unpaired) electrons. The summed E-state index contributed by atoms with van der Waals surface area (Å²) in [7, 11) is 1.68. The predicted molar refractivity (Wildman–Crippen MR) is 114 cm³/mol. The van der Waals surface area contributed by atoms with Gasteiger partial charge in [-0.1, -0.05) is 23.7 Å². The van der Waals surface area contributed by atoms with Gasteiger partial charge >= 0.3 is 0 Å². The number of methoxy groups -OCH3 is 1. The molecule has 3 aromatic rings. The number of morpholine rings is 1. The van der Waals surface area contributed by atoms with Crippen molar-refractivity contribution < 1.29 is 9.47 Å². The van der Waals surface area contributed by atoms with Gasteiger partial charge < -0.3 is 9.47 Å². The summed E-state index contributed by atoms with van der Waals surface area (Å²) < 4.78 is 11.1. The van der Waals surface area contributed by atoms with Crippen molar-refractivity contribution in [1.29, 1.82) is 0 Å². The minimum Gasteiger partial charge on any atom is -0.384 e. The lowest BCUT2D eigenvalue weighted by Crippen LogP contribution is -2.38. The fourth-order valence-corrected chi connectivity index (χ4v) is 3.69. The Bertz CT molecular complexity index is 970. The summed E-state index contributed by atoms with van der Waals surface area (Å²) >= 11 is 6.18. The number of nitrogens with zero attached hydrogens (tertiary/aromatic N) is 5. The van der Waals surface area contributed by atoms with E-state index in [2.05, 4.69) is 24.8 Å². The van der Waals surface area contributed by atoms with Crippen molar-refractivity contribution in [3.05, 3.63) is 71.2 Å². The van der Waals surface area contributed by atoms with E-state index in [0.29, 0.717) is 18.2 Å². The maximum Gasteiger partial charge on any atom is 0.130 e. The highest BCUT2D eigenvalue weighted by Crippen LogP contribution is 2.30. The van der Waals surface area contributed by atoms with Crippen LogP contribution < -0.4 is 0 Å². The monoisotopic (exact) mass is 425 g/mol. The van der Waals surface area contributed by atoms with Crippen LogP contribution in [0.3, 0.4) is 0 Å². The van der Waals surface area contributed by atoms with Crippen molar-refractivity contribution in [2.75, 3.05) is 33.4 Å². The second-order valence-electron chi connectivity index (χ2n) is 7.15. The number of ether oxygens (including phenoxy) is 2. The molecule has 1 aliphatic heterocycles. The Hall–Kier alpha value is -2.45. The zero-order chi connectivity index (χ0) is 20.8. The molecule has 1 unspecified atom stereocenters. The first-order valence-corrected chi connectivity index (χ1v) is 10.3. The fraction of sp³-hybridized carbons (Fsp3) is 0.364. The molecule has 1 aliphatic rings. The Morgan fingerprint density at radius 1 is 1.17 bits per heavy atom. The third-order valence-electron chi connectivity index (χ3n) is 4.97. The first-order chi connectivity index (χ1) is 14.7. The lowest BCUT2D eigenvalue weighted by molar-refractivity contribution is -0.0349. The molecule has 3 heterocycles. The van der Waals surface area contributed by atoms with E-state index in [-0.39, 0.29) is 6.10 Å². The highest BCUT2D eigenvalue weighted by atomic mass is 35.5. The van der Waals surface area contributed by atoms with Gasteiger partial charge in [-0.15, -0.1) is 0 Å². The van der Waals surface area contributed by atoms with Crippen molar-refractivity contribution in [2.45, 2.75) is 19.1 Å².